The van der Waals surface area contributed by atoms with E-state index in [4.69, 9.17) is 0 Å². The van der Waals surface area contributed by atoms with E-state index in [9.17, 15) is 14.3 Å². The van der Waals surface area contributed by atoms with Gasteiger partial charge in [0.1, 0.15) is 17.1 Å². The first-order valence-electron chi connectivity index (χ1n) is 5.33. The van der Waals surface area contributed by atoms with Crippen molar-refractivity contribution in [3.8, 4) is 5.75 Å². The van der Waals surface area contributed by atoms with Crippen LogP contribution in [0.15, 0.2) is 35.0 Å². The third-order valence-corrected chi connectivity index (χ3v) is 3.28. The van der Waals surface area contributed by atoms with Gasteiger partial charge in [-0.15, -0.1) is 0 Å². The molecule has 5 heteroatoms. The van der Waals surface area contributed by atoms with Crippen LogP contribution < -0.4 is 0 Å². The molecule has 2 aromatic rings. The number of rotatable bonds is 3. The molecule has 0 unspecified atom stereocenters. The van der Waals surface area contributed by atoms with Crippen molar-refractivity contribution in [1.29, 1.82) is 0 Å². The van der Waals surface area contributed by atoms with Crippen molar-refractivity contribution in [2.45, 2.75) is 6.54 Å². The van der Waals surface area contributed by atoms with Crippen LogP contribution in [0.1, 0.15) is 15.9 Å². The highest BCUT2D eigenvalue weighted by Crippen LogP contribution is 2.22. The molecule has 0 fully saturated rings. The maximum absolute atomic E-state index is 13.5. The van der Waals surface area contributed by atoms with Gasteiger partial charge < -0.3 is 10.0 Å². The smallest absolute Gasteiger partial charge is 0.260 e. The van der Waals surface area contributed by atoms with Gasteiger partial charge in [-0.3, -0.25) is 4.79 Å². The van der Waals surface area contributed by atoms with Crippen molar-refractivity contribution in [2.24, 2.45) is 0 Å². The van der Waals surface area contributed by atoms with Crippen LogP contribution in [0.3, 0.4) is 0 Å². The highest BCUT2D eigenvalue weighted by Gasteiger charge is 2.20. The molecule has 0 radical (unpaired) electrons. The van der Waals surface area contributed by atoms with Gasteiger partial charge in [-0.25, -0.2) is 4.39 Å². The molecule has 0 aliphatic carbocycles. The summed E-state index contributed by atoms with van der Waals surface area (Å²) in [6.07, 6.45) is 0. The zero-order valence-electron chi connectivity index (χ0n) is 9.76. The zero-order chi connectivity index (χ0) is 13.1. The second kappa shape index (κ2) is 5.18. The topological polar surface area (TPSA) is 40.5 Å². The lowest BCUT2D eigenvalue weighted by atomic mass is 10.1. The van der Waals surface area contributed by atoms with Crippen LogP contribution in [0, 0.1) is 5.82 Å². The summed E-state index contributed by atoms with van der Waals surface area (Å²) >= 11 is 1.53. The summed E-state index contributed by atoms with van der Waals surface area (Å²) in [6.45, 7) is 0.385. The van der Waals surface area contributed by atoms with Crippen LogP contribution in [0.2, 0.25) is 0 Å². The first-order chi connectivity index (χ1) is 8.59. The molecule has 18 heavy (non-hydrogen) atoms. The normalized spacial score (nSPS) is 10.3. The molecule has 1 N–H and O–H groups in total. The molecule has 0 atom stereocenters. The van der Waals surface area contributed by atoms with E-state index in [1.165, 1.54) is 28.4 Å². The Kier molecular flexibility index (Phi) is 3.62. The maximum atomic E-state index is 13.5. The quantitative estimate of drug-likeness (QED) is 0.927. The van der Waals surface area contributed by atoms with Gasteiger partial charge in [-0.05, 0) is 34.5 Å². The van der Waals surface area contributed by atoms with Crippen molar-refractivity contribution in [2.75, 3.05) is 7.05 Å². The Hall–Kier alpha value is -1.88. The van der Waals surface area contributed by atoms with Crippen LogP contribution in [-0.2, 0) is 6.54 Å². The molecule has 0 aliphatic rings. The predicted molar refractivity (Wildman–Crippen MR) is 68.2 cm³/mol. The highest BCUT2D eigenvalue weighted by atomic mass is 32.1. The summed E-state index contributed by atoms with van der Waals surface area (Å²) in [6, 6.07) is 5.72. The maximum Gasteiger partial charge on any atom is 0.260 e. The summed E-state index contributed by atoms with van der Waals surface area (Å²) in [5, 5.41) is 13.4. The molecule has 0 spiro atoms. The highest BCUT2D eigenvalue weighted by molar-refractivity contribution is 7.07. The molecular formula is C13H12FNO2S. The van der Waals surface area contributed by atoms with Crippen molar-refractivity contribution in [1.82, 2.24) is 4.90 Å². The number of amides is 1. The molecule has 0 bridgehead atoms. The average Bonchev–Trinajstić information content (AvgIpc) is 2.81. The fourth-order valence-corrected chi connectivity index (χ4v) is 2.30. The first kappa shape index (κ1) is 12.6. The molecule has 0 saturated heterocycles. The van der Waals surface area contributed by atoms with Crippen LogP contribution in [-0.4, -0.2) is 23.0 Å². The fraction of sp³-hybridized carbons (Fsp3) is 0.154. The molecular weight excluding hydrogens is 253 g/mol. The van der Waals surface area contributed by atoms with Gasteiger partial charge in [0.2, 0.25) is 0 Å². The third kappa shape index (κ3) is 2.51. The number of halogens is 1. The van der Waals surface area contributed by atoms with Gasteiger partial charge in [-0.2, -0.15) is 11.3 Å². The second-order valence-electron chi connectivity index (χ2n) is 3.93. The lowest BCUT2D eigenvalue weighted by Gasteiger charge is -2.17. The van der Waals surface area contributed by atoms with E-state index in [0.717, 1.165) is 11.6 Å². The third-order valence-electron chi connectivity index (χ3n) is 2.55. The van der Waals surface area contributed by atoms with Gasteiger partial charge in [-0.1, -0.05) is 6.07 Å². The number of aromatic hydroxyl groups is 1. The average molecular weight is 265 g/mol. The minimum absolute atomic E-state index is 0.282. The standard InChI is InChI=1S/C13H12FNO2S/c1-15(7-9-5-6-18-8-9)13(17)12-10(14)3-2-4-11(12)16/h2-6,8,16H,7H2,1H3. The van der Waals surface area contributed by atoms with E-state index < -0.39 is 11.7 Å². The zero-order valence-corrected chi connectivity index (χ0v) is 10.6. The van der Waals surface area contributed by atoms with Crippen LogP contribution in [0.25, 0.3) is 0 Å². The number of carbonyl (C=O) groups excluding carboxylic acids is 1. The SMILES string of the molecule is CN(Cc1ccsc1)C(=O)c1c(O)cccc1F. The number of thiophene rings is 1. The van der Waals surface area contributed by atoms with E-state index in [2.05, 4.69) is 0 Å². The number of phenols is 1. The number of hydrogen-bond donors (Lipinski definition) is 1. The van der Waals surface area contributed by atoms with E-state index in [1.54, 1.807) is 7.05 Å². The Morgan fingerprint density at radius 2 is 2.22 bits per heavy atom. The summed E-state index contributed by atoms with van der Waals surface area (Å²) in [5.41, 5.74) is 0.696. The van der Waals surface area contributed by atoms with Crippen LogP contribution >= 0.6 is 11.3 Å². The van der Waals surface area contributed by atoms with Gasteiger partial charge in [0.25, 0.3) is 5.91 Å². The largest absolute Gasteiger partial charge is 0.507 e. The minimum atomic E-state index is -0.711. The summed E-state index contributed by atoms with van der Waals surface area (Å²) in [4.78, 5) is 13.4. The molecule has 94 valence electrons. The minimum Gasteiger partial charge on any atom is -0.507 e. The van der Waals surface area contributed by atoms with E-state index >= 15 is 0 Å². The van der Waals surface area contributed by atoms with Crippen molar-refractivity contribution >= 4 is 17.2 Å². The monoisotopic (exact) mass is 265 g/mol. The van der Waals surface area contributed by atoms with Gasteiger partial charge >= 0.3 is 0 Å². The number of phenolic OH excluding ortho intramolecular Hbond substituents is 1. The Bertz CT molecular complexity index is 534. The number of carbonyl (C=O) groups is 1. The van der Waals surface area contributed by atoms with Crippen molar-refractivity contribution in [3.05, 3.63) is 52.0 Å². The van der Waals surface area contributed by atoms with Crippen LogP contribution in [0.4, 0.5) is 4.39 Å². The van der Waals surface area contributed by atoms with E-state index in [-0.39, 0.29) is 11.3 Å². The Balaban J connectivity index is 2.21. The van der Waals surface area contributed by atoms with E-state index in [1.807, 2.05) is 16.8 Å². The molecule has 3 nitrogen and oxygen atoms in total. The number of nitrogens with zero attached hydrogens (tertiary/aromatic N) is 1. The first-order valence-corrected chi connectivity index (χ1v) is 6.28. The summed E-state index contributed by atoms with van der Waals surface area (Å²) in [7, 11) is 1.58. The van der Waals surface area contributed by atoms with E-state index in [0.29, 0.717) is 6.54 Å². The molecule has 0 saturated carbocycles. The lowest BCUT2D eigenvalue weighted by Crippen LogP contribution is -2.26. The predicted octanol–water partition coefficient (Wildman–Crippen LogP) is 2.87. The van der Waals surface area contributed by atoms with Crippen LogP contribution in [0.5, 0.6) is 5.75 Å². The number of hydrogen-bond acceptors (Lipinski definition) is 3. The van der Waals surface area contributed by atoms with Gasteiger partial charge in [0, 0.05) is 13.6 Å². The fourth-order valence-electron chi connectivity index (χ4n) is 1.64. The van der Waals surface area contributed by atoms with Gasteiger partial charge in [0.15, 0.2) is 0 Å². The Morgan fingerprint density at radius 3 is 2.83 bits per heavy atom. The molecule has 1 heterocycles. The molecule has 1 aromatic heterocycles. The van der Waals surface area contributed by atoms with Gasteiger partial charge in [0.05, 0.1) is 0 Å². The van der Waals surface area contributed by atoms with Crippen molar-refractivity contribution < 1.29 is 14.3 Å². The number of benzene rings is 1. The lowest BCUT2D eigenvalue weighted by molar-refractivity contribution is 0.0777. The molecule has 1 amide bonds. The Labute approximate surface area is 108 Å². The molecule has 0 aliphatic heterocycles. The molecule has 1 aromatic carbocycles. The molecule has 2 rings (SSSR count). The second-order valence-corrected chi connectivity index (χ2v) is 4.71. The van der Waals surface area contributed by atoms with Crippen molar-refractivity contribution in [3.63, 3.8) is 0 Å². The summed E-state index contributed by atoms with van der Waals surface area (Å²) < 4.78 is 13.5. The summed E-state index contributed by atoms with van der Waals surface area (Å²) in [5.74, 6) is -1.58. The Morgan fingerprint density at radius 1 is 1.44 bits per heavy atom.